The minimum absolute atomic E-state index is 0.00707. The molecule has 8 nitrogen and oxygen atoms in total. The fourth-order valence-electron chi connectivity index (χ4n) is 3.73. The number of benzene rings is 1. The number of methoxy groups -OCH3 is 1. The second-order valence-electron chi connectivity index (χ2n) is 7.35. The van der Waals surface area contributed by atoms with Crippen LogP contribution in [-0.4, -0.2) is 72.1 Å². The van der Waals surface area contributed by atoms with Crippen LogP contribution in [0, 0.1) is 0 Å². The summed E-state index contributed by atoms with van der Waals surface area (Å²) in [4.78, 5) is 27.8. The third-order valence-corrected chi connectivity index (χ3v) is 5.44. The zero-order valence-corrected chi connectivity index (χ0v) is 17.2. The monoisotopic (exact) mass is 409 g/mol. The summed E-state index contributed by atoms with van der Waals surface area (Å²) >= 11 is 0. The number of nitrogens with zero attached hydrogens (tertiary/aromatic N) is 5. The van der Waals surface area contributed by atoms with Crippen molar-refractivity contribution in [1.29, 1.82) is 0 Å². The smallest absolute Gasteiger partial charge is 0.261 e. The molecule has 4 rings (SSSR count). The number of carbonyl (C=O) groups excluding carboxylic acids is 1. The molecule has 1 saturated heterocycles. The second-order valence-corrected chi connectivity index (χ2v) is 7.35. The van der Waals surface area contributed by atoms with Gasteiger partial charge in [-0.2, -0.15) is 4.98 Å². The molecule has 2 aromatic rings. The van der Waals surface area contributed by atoms with Crippen LogP contribution in [0.5, 0.6) is 11.6 Å². The van der Waals surface area contributed by atoms with E-state index in [1.165, 1.54) is 0 Å². The third-order valence-electron chi connectivity index (χ3n) is 5.44. The summed E-state index contributed by atoms with van der Waals surface area (Å²) in [6.45, 7) is 5.53. The van der Waals surface area contributed by atoms with Gasteiger partial charge in [0.1, 0.15) is 12.0 Å². The van der Waals surface area contributed by atoms with Crippen molar-refractivity contribution in [1.82, 2.24) is 19.8 Å². The lowest BCUT2D eigenvalue weighted by Crippen LogP contribution is -2.47. The Morgan fingerprint density at radius 2 is 1.87 bits per heavy atom. The van der Waals surface area contributed by atoms with Gasteiger partial charge in [0.25, 0.3) is 5.91 Å². The van der Waals surface area contributed by atoms with Gasteiger partial charge in [-0.25, -0.2) is 0 Å². The predicted octanol–water partition coefficient (Wildman–Crippen LogP) is 2.39. The molecule has 0 radical (unpaired) electrons. The standard InChI is InChI=1S/C22H27N5O3/c1-29-21-17-23-16-20(24-21)26-12-10-25(11-13-26)8-4-5-9-27-14-15-30-19-7-3-2-6-18(19)22(27)28/h2-3,6-7,14-17H,4-5,8-13H2,1H3. The van der Waals surface area contributed by atoms with Crippen LogP contribution in [0.3, 0.4) is 0 Å². The minimum atomic E-state index is -0.00707. The van der Waals surface area contributed by atoms with E-state index >= 15 is 0 Å². The van der Waals surface area contributed by atoms with Crippen LogP contribution in [0.25, 0.3) is 0 Å². The Bertz CT molecular complexity index is 896. The SMILES string of the molecule is COc1cncc(N2CCN(CCCCN3C=COc4ccccc4C3=O)CC2)n1. The van der Waals surface area contributed by atoms with Gasteiger partial charge in [-0.15, -0.1) is 0 Å². The molecule has 2 aliphatic heterocycles. The summed E-state index contributed by atoms with van der Waals surface area (Å²) in [5.74, 6) is 2.01. The van der Waals surface area contributed by atoms with Gasteiger partial charge < -0.3 is 19.3 Å². The first kappa shape index (κ1) is 20.2. The predicted molar refractivity (Wildman–Crippen MR) is 114 cm³/mol. The topological polar surface area (TPSA) is 71.0 Å². The molecule has 1 fully saturated rings. The van der Waals surface area contributed by atoms with E-state index in [2.05, 4.69) is 19.8 Å². The first-order valence-electron chi connectivity index (χ1n) is 10.3. The number of anilines is 1. The lowest BCUT2D eigenvalue weighted by Gasteiger charge is -2.35. The Balaban J connectivity index is 1.20. The van der Waals surface area contributed by atoms with Crippen molar-refractivity contribution in [3.63, 3.8) is 0 Å². The van der Waals surface area contributed by atoms with E-state index in [0.29, 0.717) is 23.7 Å². The van der Waals surface area contributed by atoms with Crippen molar-refractivity contribution in [2.75, 3.05) is 51.3 Å². The number of rotatable bonds is 7. The van der Waals surface area contributed by atoms with E-state index in [1.54, 1.807) is 36.9 Å². The number of aromatic nitrogens is 2. The van der Waals surface area contributed by atoms with Crippen LogP contribution in [0.4, 0.5) is 5.82 Å². The van der Waals surface area contributed by atoms with Gasteiger partial charge in [-0.1, -0.05) is 12.1 Å². The molecule has 158 valence electrons. The quantitative estimate of drug-likeness (QED) is 0.650. The summed E-state index contributed by atoms with van der Waals surface area (Å²) in [7, 11) is 1.60. The van der Waals surface area contributed by atoms with Crippen molar-refractivity contribution in [3.8, 4) is 11.6 Å². The summed E-state index contributed by atoms with van der Waals surface area (Å²) < 4.78 is 10.7. The molecule has 3 heterocycles. The Kier molecular flexibility index (Phi) is 6.44. The first-order valence-corrected chi connectivity index (χ1v) is 10.3. The molecule has 0 spiro atoms. The normalized spacial score (nSPS) is 16.8. The van der Waals surface area contributed by atoms with Crippen LogP contribution < -0.4 is 14.4 Å². The van der Waals surface area contributed by atoms with E-state index in [4.69, 9.17) is 9.47 Å². The summed E-state index contributed by atoms with van der Waals surface area (Å²) in [5, 5.41) is 0. The van der Waals surface area contributed by atoms with Gasteiger partial charge in [0.15, 0.2) is 5.82 Å². The van der Waals surface area contributed by atoms with Crippen molar-refractivity contribution in [2.45, 2.75) is 12.8 Å². The zero-order chi connectivity index (χ0) is 20.8. The van der Waals surface area contributed by atoms with Crippen molar-refractivity contribution in [2.24, 2.45) is 0 Å². The van der Waals surface area contributed by atoms with E-state index < -0.39 is 0 Å². The lowest BCUT2D eigenvalue weighted by atomic mass is 10.1. The van der Waals surface area contributed by atoms with Gasteiger partial charge in [0.05, 0.1) is 25.1 Å². The number of fused-ring (bicyclic) bond motifs is 1. The van der Waals surface area contributed by atoms with Gasteiger partial charge in [-0.3, -0.25) is 14.7 Å². The molecular weight excluding hydrogens is 382 g/mol. The van der Waals surface area contributed by atoms with Crippen LogP contribution in [-0.2, 0) is 0 Å². The molecule has 2 aliphatic rings. The number of hydrogen-bond donors (Lipinski definition) is 0. The number of piperazine rings is 1. The van der Waals surface area contributed by atoms with Gasteiger partial charge in [0.2, 0.25) is 5.88 Å². The van der Waals surface area contributed by atoms with E-state index in [1.807, 2.05) is 24.3 Å². The van der Waals surface area contributed by atoms with Crippen LogP contribution >= 0.6 is 0 Å². The second kappa shape index (κ2) is 9.58. The number of ether oxygens (including phenoxy) is 2. The number of para-hydroxylation sites is 1. The zero-order valence-electron chi connectivity index (χ0n) is 17.2. The molecule has 1 aromatic carbocycles. The molecule has 30 heavy (non-hydrogen) atoms. The molecule has 0 unspecified atom stereocenters. The van der Waals surface area contributed by atoms with Crippen molar-refractivity contribution in [3.05, 3.63) is 54.7 Å². The fraction of sp³-hybridized carbons (Fsp3) is 0.409. The number of hydrogen-bond acceptors (Lipinski definition) is 7. The van der Waals surface area contributed by atoms with E-state index in [0.717, 1.165) is 51.4 Å². The van der Waals surface area contributed by atoms with E-state index in [9.17, 15) is 4.79 Å². The maximum Gasteiger partial charge on any atom is 0.261 e. The summed E-state index contributed by atoms with van der Waals surface area (Å²) in [5.41, 5.74) is 0.610. The van der Waals surface area contributed by atoms with Crippen LogP contribution in [0.15, 0.2) is 49.1 Å². The highest BCUT2D eigenvalue weighted by molar-refractivity contribution is 5.97. The average molecular weight is 409 g/mol. The number of unbranched alkanes of at least 4 members (excludes halogenated alkanes) is 1. The highest BCUT2D eigenvalue weighted by Gasteiger charge is 2.21. The maximum absolute atomic E-state index is 12.7. The van der Waals surface area contributed by atoms with Crippen LogP contribution in [0.1, 0.15) is 23.2 Å². The van der Waals surface area contributed by atoms with Crippen LogP contribution in [0.2, 0.25) is 0 Å². The minimum Gasteiger partial charge on any atom is -0.480 e. The first-order chi connectivity index (χ1) is 14.7. The molecule has 0 saturated carbocycles. The average Bonchev–Trinajstić information content (AvgIpc) is 2.96. The van der Waals surface area contributed by atoms with Crippen molar-refractivity contribution >= 4 is 11.7 Å². The number of carbonyl (C=O) groups is 1. The fourth-order valence-corrected chi connectivity index (χ4v) is 3.73. The third kappa shape index (κ3) is 4.71. The van der Waals surface area contributed by atoms with E-state index in [-0.39, 0.29) is 5.91 Å². The molecule has 1 aromatic heterocycles. The highest BCUT2D eigenvalue weighted by Crippen LogP contribution is 2.23. The Hall–Kier alpha value is -3.13. The summed E-state index contributed by atoms with van der Waals surface area (Å²) in [6.07, 6.45) is 8.71. The molecular formula is C22H27N5O3. The maximum atomic E-state index is 12.7. The molecule has 0 atom stereocenters. The molecule has 0 aliphatic carbocycles. The van der Waals surface area contributed by atoms with Gasteiger partial charge >= 0.3 is 0 Å². The van der Waals surface area contributed by atoms with Gasteiger partial charge in [-0.05, 0) is 31.5 Å². The lowest BCUT2D eigenvalue weighted by molar-refractivity contribution is 0.0820. The highest BCUT2D eigenvalue weighted by atomic mass is 16.5. The van der Waals surface area contributed by atoms with Crippen molar-refractivity contribution < 1.29 is 14.3 Å². The number of amides is 1. The molecule has 1 amide bonds. The molecule has 8 heteroatoms. The largest absolute Gasteiger partial charge is 0.480 e. The Morgan fingerprint density at radius 1 is 1.07 bits per heavy atom. The Morgan fingerprint density at radius 3 is 2.70 bits per heavy atom. The molecule has 0 N–H and O–H groups in total. The molecule has 0 bridgehead atoms. The summed E-state index contributed by atoms with van der Waals surface area (Å²) in [6, 6.07) is 7.36. The van der Waals surface area contributed by atoms with Gasteiger partial charge in [0, 0.05) is 38.9 Å². The Labute approximate surface area is 176 Å².